The van der Waals surface area contributed by atoms with Gasteiger partial charge in [0.15, 0.2) is 29.6 Å². The number of benzene rings is 6. The molecule has 348 valence electrons. The highest BCUT2D eigenvalue weighted by Crippen LogP contribution is 2.51. The summed E-state index contributed by atoms with van der Waals surface area (Å²) in [5.41, 5.74) is -0.465. The molecular weight excluding hydrogens is 882 g/mol. The Kier molecular flexibility index (Phi) is 12.9. The molecule has 0 unspecified atom stereocenters. The number of carbonyl (C=O) groups excluding carboxylic acids is 3. The fourth-order valence-electron chi connectivity index (χ4n) is 8.53. The van der Waals surface area contributed by atoms with Crippen LogP contribution in [0.1, 0.15) is 67.8 Å². The predicted molar refractivity (Wildman–Crippen MR) is 252 cm³/mol. The number of rotatable bonds is 16. The molecule has 1 saturated heterocycles. The second-order valence-electron chi connectivity index (χ2n) is 16.2. The fourth-order valence-corrected chi connectivity index (χ4v) is 8.53. The molecule has 0 bridgehead atoms. The Balaban J connectivity index is 1.22. The number of methoxy groups -OCH3 is 1. The molecule has 1 aliphatic heterocycles. The van der Waals surface area contributed by atoms with Crippen LogP contribution in [-0.4, -0.2) is 75.3 Å². The maximum Gasteiger partial charge on any atom is 0.338 e. The quantitative estimate of drug-likeness (QED) is 0.0555. The van der Waals surface area contributed by atoms with Gasteiger partial charge in [0.2, 0.25) is 17.9 Å². The molecule has 1 aliphatic rings. The summed E-state index contributed by atoms with van der Waals surface area (Å²) in [6.07, 6.45) is -2.48. The van der Waals surface area contributed by atoms with E-state index in [1.165, 1.54) is 54.2 Å². The number of imidazole rings is 1. The average molecular weight is 928 g/mol. The number of fused-ring (bicyclic) bond motifs is 1. The van der Waals surface area contributed by atoms with Gasteiger partial charge >= 0.3 is 17.9 Å². The third-order valence-corrected chi connectivity index (χ3v) is 11.8. The van der Waals surface area contributed by atoms with E-state index in [1.54, 1.807) is 68.6 Å². The summed E-state index contributed by atoms with van der Waals surface area (Å²) in [5, 5.41) is 3.66. The van der Waals surface area contributed by atoms with E-state index in [4.69, 9.17) is 38.4 Å². The number of hydrogen-bond acceptors (Lipinski definition) is 13. The van der Waals surface area contributed by atoms with E-state index in [-0.39, 0.29) is 46.3 Å². The highest BCUT2D eigenvalue weighted by atomic mass is 19.2. The Hall–Kier alpha value is -8.43. The van der Waals surface area contributed by atoms with Crippen LogP contribution in [0.25, 0.3) is 11.2 Å². The van der Waals surface area contributed by atoms with Crippen molar-refractivity contribution < 1.29 is 47.2 Å². The van der Waals surface area contributed by atoms with E-state index in [0.717, 1.165) is 16.7 Å². The molecule has 14 nitrogen and oxygen atoms in total. The summed E-state index contributed by atoms with van der Waals surface area (Å²) in [7, 11) is 1.59. The largest absolute Gasteiger partial charge is 0.497 e. The maximum absolute atomic E-state index is 18.4. The van der Waals surface area contributed by atoms with Crippen LogP contribution in [0.5, 0.6) is 11.6 Å². The molecule has 0 radical (unpaired) electrons. The van der Waals surface area contributed by atoms with Crippen LogP contribution < -0.4 is 14.8 Å². The van der Waals surface area contributed by atoms with Crippen LogP contribution >= 0.6 is 0 Å². The van der Waals surface area contributed by atoms with Crippen molar-refractivity contribution in [3.63, 3.8) is 0 Å². The summed E-state index contributed by atoms with van der Waals surface area (Å²) in [5.74, 6) is -5.16. The zero-order valence-electron chi connectivity index (χ0n) is 37.7. The molecule has 0 spiro atoms. The van der Waals surface area contributed by atoms with Crippen molar-refractivity contribution in [2.24, 2.45) is 0 Å². The number of nitrogens with one attached hydrogen (secondary N) is 1. The third-order valence-electron chi connectivity index (χ3n) is 11.8. The summed E-state index contributed by atoms with van der Waals surface area (Å²) in [6, 6.07) is 51.0. The number of nitrogens with zero attached hydrogens (tertiary/aromatic N) is 4. The van der Waals surface area contributed by atoms with Crippen LogP contribution in [0.2, 0.25) is 0 Å². The van der Waals surface area contributed by atoms with Crippen LogP contribution in [-0.2, 0) is 24.5 Å². The minimum atomic E-state index is -3.16. The van der Waals surface area contributed by atoms with E-state index in [0.29, 0.717) is 5.75 Å². The lowest BCUT2D eigenvalue weighted by molar-refractivity contribution is -0.207. The maximum atomic E-state index is 18.4. The van der Waals surface area contributed by atoms with Crippen molar-refractivity contribution in [1.29, 1.82) is 0 Å². The van der Waals surface area contributed by atoms with Crippen molar-refractivity contribution in [1.82, 2.24) is 19.5 Å². The Morgan fingerprint density at radius 1 is 0.696 bits per heavy atom. The molecule has 0 aliphatic carbocycles. The Bertz CT molecular complexity index is 3020. The monoisotopic (exact) mass is 927 g/mol. The molecule has 8 aromatic rings. The lowest BCUT2D eigenvalue weighted by Gasteiger charge is -2.37. The van der Waals surface area contributed by atoms with Crippen LogP contribution in [0.15, 0.2) is 182 Å². The molecule has 1 fully saturated rings. The third kappa shape index (κ3) is 8.94. The normalized spacial score (nSPS) is 18.8. The van der Waals surface area contributed by atoms with Crippen molar-refractivity contribution in [3.8, 4) is 11.6 Å². The molecule has 2 aromatic heterocycles. The molecule has 9 rings (SSSR count). The van der Waals surface area contributed by atoms with Gasteiger partial charge in [-0.3, -0.25) is 4.57 Å². The molecule has 6 aromatic carbocycles. The van der Waals surface area contributed by atoms with Crippen LogP contribution in [0, 0.1) is 0 Å². The van der Waals surface area contributed by atoms with Gasteiger partial charge in [0.05, 0.1) is 36.7 Å². The first-order valence-electron chi connectivity index (χ1n) is 22.1. The summed E-state index contributed by atoms with van der Waals surface area (Å²) < 4.78 is 55.7. The van der Waals surface area contributed by atoms with Gasteiger partial charge < -0.3 is 33.7 Å². The van der Waals surface area contributed by atoms with E-state index >= 15 is 4.39 Å². The second kappa shape index (κ2) is 19.4. The molecule has 0 saturated carbocycles. The highest BCUT2D eigenvalue weighted by Gasteiger charge is 2.69. The molecule has 4 atom stereocenters. The lowest BCUT2D eigenvalue weighted by Crippen LogP contribution is -2.54. The number of carbonyl (C=O) groups is 3. The lowest BCUT2D eigenvalue weighted by atomic mass is 9.77. The van der Waals surface area contributed by atoms with E-state index in [9.17, 15) is 14.4 Å². The zero-order valence-corrected chi connectivity index (χ0v) is 37.7. The molecule has 15 heteroatoms. The topological polar surface area (TPSA) is 162 Å². The first-order chi connectivity index (χ1) is 33.6. The van der Waals surface area contributed by atoms with Crippen molar-refractivity contribution in [2.45, 2.75) is 43.2 Å². The van der Waals surface area contributed by atoms with Gasteiger partial charge in [0, 0.05) is 0 Å². The average Bonchev–Trinajstić information content (AvgIpc) is 3.91. The minimum Gasteiger partial charge on any atom is -0.497 e. The number of esters is 3. The van der Waals surface area contributed by atoms with Crippen molar-refractivity contribution >= 4 is 35.0 Å². The number of anilines is 1. The minimum absolute atomic E-state index is 0.0476. The van der Waals surface area contributed by atoms with Gasteiger partial charge in [-0.2, -0.15) is 9.97 Å². The Morgan fingerprint density at radius 2 is 1.20 bits per heavy atom. The summed E-state index contributed by atoms with van der Waals surface area (Å²) in [6.45, 7) is 2.23. The van der Waals surface area contributed by atoms with Gasteiger partial charge in [-0.05, 0) is 79.1 Å². The summed E-state index contributed by atoms with van der Waals surface area (Å²) >= 11 is 0. The fraction of sp³-hybridized carbons (Fsp3) is 0.185. The van der Waals surface area contributed by atoms with E-state index < -0.39 is 53.8 Å². The number of alkyl halides is 1. The SMILES string of the molecule is CCOc1nc(NC(c2ccccc2)(c2ccccc2)c2ccc(OC)cc2)nc2c1ncn2[C@@H]1O[C@](F)(COC(=O)c2ccccc2)[C@@H](OC(=O)c2ccccc2)[C@@]1(C)OC(=O)c1ccccc1. The van der Waals surface area contributed by atoms with Crippen molar-refractivity contribution in [2.75, 3.05) is 25.6 Å². The summed E-state index contributed by atoms with van der Waals surface area (Å²) in [4.78, 5) is 56.2. The van der Waals surface area contributed by atoms with Crippen LogP contribution in [0.3, 0.4) is 0 Å². The number of halogens is 1. The Labute approximate surface area is 396 Å². The molecule has 69 heavy (non-hydrogen) atoms. The van der Waals surface area contributed by atoms with Crippen molar-refractivity contribution in [3.05, 3.63) is 216 Å². The van der Waals surface area contributed by atoms with E-state index in [2.05, 4.69) is 10.3 Å². The van der Waals surface area contributed by atoms with Gasteiger partial charge in [-0.15, -0.1) is 0 Å². The molecule has 3 heterocycles. The van der Waals surface area contributed by atoms with Gasteiger partial charge in [0.1, 0.15) is 11.3 Å². The Morgan fingerprint density at radius 3 is 1.74 bits per heavy atom. The van der Waals surface area contributed by atoms with E-state index in [1.807, 2.05) is 84.9 Å². The highest BCUT2D eigenvalue weighted by molar-refractivity contribution is 5.91. The number of hydrogen-bond donors (Lipinski definition) is 1. The molecule has 0 amide bonds. The standard InChI is InChI=1S/C54H46FN5O9/c1-4-65-45-43-44(57-51(58-45)59-54(39-26-16-8-17-27-39,40-28-18-9-19-29-40)41-30-32-42(64-3)33-31-41)60(35-56-43)50-52(2,68-48(63)38-24-14-7-15-25-38)49(67-47(62)37-22-12-6-13-23-37)53(55,69-50)34-66-46(61)36-20-10-5-11-21-36/h5-33,35,49-50H,4,34H2,1-3H3,(H,57,58,59)/t49-,50+,52+,53+/m0/s1. The van der Waals surface area contributed by atoms with Crippen LogP contribution in [0.4, 0.5) is 10.3 Å². The zero-order chi connectivity index (χ0) is 48.0. The predicted octanol–water partition coefficient (Wildman–Crippen LogP) is 9.53. The van der Waals surface area contributed by atoms with Gasteiger partial charge in [-0.25, -0.2) is 23.8 Å². The molecule has 1 N–H and O–H groups in total. The number of aromatic nitrogens is 4. The first kappa shape index (κ1) is 45.7. The van der Waals surface area contributed by atoms with Gasteiger partial charge in [-0.1, -0.05) is 127 Å². The second-order valence-corrected chi connectivity index (χ2v) is 16.2. The smallest absolute Gasteiger partial charge is 0.338 e. The van der Waals surface area contributed by atoms with Gasteiger partial charge in [0.25, 0.3) is 5.85 Å². The number of ether oxygens (including phenoxy) is 6. The molecular formula is C54H46FN5O9. The first-order valence-corrected chi connectivity index (χ1v) is 22.1.